The molecule has 0 unspecified atom stereocenters. The topological polar surface area (TPSA) is 92.1 Å². The van der Waals surface area contributed by atoms with E-state index < -0.39 is 0 Å². The van der Waals surface area contributed by atoms with Gasteiger partial charge in [0.25, 0.3) is 0 Å². The third-order valence-electron chi connectivity index (χ3n) is 27.6. The van der Waals surface area contributed by atoms with Crippen molar-refractivity contribution in [2.75, 3.05) is 0 Å². The molecule has 653 valence electrons. The van der Waals surface area contributed by atoms with E-state index in [1.54, 1.807) is 0 Å². The van der Waals surface area contributed by atoms with E-state index in [0.29, 0.717) is 17.6 Å². The molecule has 0 aliphatic heterocycles. The number of benzene rings is 16. The molecule has 0 amide bonds. The first-order valence-corrected chi connectivity index (χ1v) is 45.2. The average molecular weight is 2270 g/mol. The zero-order chi connectivity index (χ0) is 88.5. The summed E-state index contributed by atoms with van der Waals surface area (Å²) in [5, 5.41) is 7.36. The predicted octanol–water partition coefficient (Wildman–Crippen LogP) is 30.4. The minimum Gasteiger partial charge on any atom is -0.327 e. The summed E-state index contributed by atoms with van der Waals surface area (Å²) in [5.41, 5.74) is 39.7. The summed E-state index contributed by atoms with van der Waals surface area (Å²) in [6, 6.07) is 150. The predicted molar refractivity (Wildman–Crippen MR) is 542 cm³/mol. The van der Waals surface area contributed by atoms with Crippen LogP contribution in [0, 0.1) is 18.2 Å². The van der Waals surface area contributed by atoms with E-state index in [4.69, 9.17) is 15.0 Å². The maximum atomic E-state index is 5.20. The maximum absolute atomic E-state index is 5.20. The molecule has 3 aliphatic rings. The van der Waals surface area contributed by atoms with E-state index in [-0.39, 0.29) is 76.6 Å². The molecule has 0 atom stereocenters. The fourth-order valence-electron chi connectivity index (χ4n) is 20.9. The fraction of sp³-hybridized carbons (Fsp3) is 0.0732. The first-order chi connectivity index (χ1) is 64.7. The van der Waals surface area contributed by atoms with Gasteiger partial charge in [0.2, 0.25) is 5.95 Å². The van der Waals surface area contributed by atoms with Crippen LogP contribution in [0.3, 0.4) is 0 Å². The molecule has 0 spiro atoms. The number of aromatic nitrogens is 9. The van der Waals surface area contributed by atoms with Crippen molar-refractivity contribution in [2.24, 2.45) is 0 Å². The van der Waals surface area contributed by atoms with E-state index in [0.717, 1.165) is 94.8 Å². The van der Waals surface area contributed by atoms with Crippen LogP contribution in [0.2, 0.25) is 0 Å². The summed E-state index contributed by atoms with van der Waals surface area (Å²) in [5.74, 6) is 1.85. The van der Waals surface area contributed by atoms with Gasteiger partial charge >= 0.3 is 0 Å². The zero-order valence-electron chi connectivity index (χ0n) is 74.8. The Balaban J connectivity index is 0.000000122. The number of para-hydroxylation sites is 1. The Labute approximate surface area is 825 Å². The average Bonchev–Trinajstić information content (AvgIpc) is 1.55. The first kappa shape index (κ1) is 87.0. The van der Waals surface area contributed by atoms with Crippen LogP contribution in [-0.4, -0.2) is 43.6 Å². The molecule has 0 saturated carbocycles. The van der Waals surface area contributed by atoms with Gasteiger partial charge < -0.3 is 24.1 Å². The van der Waals surface area contributed by atoms with Gasteiger partial charge in [-0.15, -0.1) is 101 Å². The molecule has 7 aromatic heterocycles. The van der Waals surface area contributed by atoms with Gasteiger partial charge in [-0.05, 0) is 209 Å². The number of pyridine rings is 3. The monoisotopic (exact) mass is 2270 g/mol. The molecule has 26 rings (SSSR count). The van der Waals surface area contributed by atoms with Gasteiger partial charge in [-0.1, -0.05) is 284 Å². The number of nitrogens with zero attached hydrogens (tertiary/aromatic N) is 9. The Kier molecular flexibility index (Phi) is 22.6. The third kappa shape index (κ3) is 15.0. The molecule has 12 heteroatoms. The van der Waals surface area contributed by atoms with Gasteiger partial charge in [0.05, 0.1) is 33.1 Å². The van der Waals surface area contributed by atoms with Crippen LogP contribution < -0.4 is 0 Å². The summed E-state index contributed by atoms with van der Waals surface area (Å²) in [7, 11) is 0. The second-order valence-electron chi connectivity index (χ2n) is 36.3. The SMILES string of the molecule is CC1(C)c2ccccc2-c2cc3c4cc(-c5cc[c-]c(-c6ccccn6)c5)ccc4n(-c4ccc(-c5ccccc5)cc4)c3cc21.CC1(C)c2ccccc2-c2cc3c4cc(-c5cc[c-]c(-c6ccccn6)c5)ccc4n(-c4nc(-c5ccccc5)nc(-c5ccccc5)n4)c3cc21.CC1(C)c2ccccc2-c2cc3c4ccccc4n(-c4cc[c-]c(-c5ccccn5)c4)c3cc21.[Ir].[Ir].[Ir]. The normalized spacial score (nSPS) is 13.0. The largest absolute Gasteiger partial charge is 0.327 e. The minimum absolute atomic E-state index is 0. The Hall–Kier alpha value is -14.7. The molecular formula is C123H86Ir3N9-3. The smallest absolute Gasteiger partial charge is 0.238 e. The van der Waals surface area contributed by atoms with Crippen LogP contribution in [0.4, 0.5) is 0 Å². The number of hydrogen-bond donors (Lipinski definition) is 0. The molecule has 0 bridgehead atoms. The van der Waals surface area contributed by atoms with Crippen molar-refractivity contribution in [3.63, 3.8) is 0 Å². The van der Waals surface area contributed by atoms with Crippen LogP contribution in [0.5, 0.6) is 0 Å². The number of rotatable bonds is 11. The number of hydrogen-bond acceptors (Lipinski definition) is 6. The first-order valence-electron chi connectivity index (χ1n) is 45.2. The van der Waals surface area contributed by atoms with Crippen molar-refractivity contribution in [3.8, 4) is 141 Å². The van der Waals surface area contributed by atoms with Crippen LogP contribution in [0.15, 0.2) is 413 Å². The van der Waals surface area contributed by atoms with E-state index in [1.807, 2.05) is 128 Å². The fourth-order valence-corrected chi connectivity index (χ4v) is 20.9. The van der Waals surface area contributed by atoms with Crippen molar-refractivity contribution in [2.45, 2.75) is 57.8 Å². The van der Waals surface area contributed by atoms with Gasteiger partial charge in [-0.25, -0.2) is 4.98 Å². The molecule has 3 radical (unpaired) electrons. The van der Waals surface area contributed by atoms with E-state index in [2.05, 4.69) is 374 Å². The van der Waals surface area contributed by atoms with Crippen LogP contribution >= 0.6 is 0 Å². The second kappa shape index (κ2) is 35.1. The molecule has 9 nitrogen and oxygen atoms in total. The van der Waals surface area contributed by atoms with Crippen molar-refractivity contribution >= 4 is 65.4 Å². The zero-order valence-corrected chi connectivity index (χ0v) is 82.0. The van der Waals surface area contributed by atoms with Crippen LogP contribution in [0.25, 0.3) is 206 Å². The Morgan fingerprint density at radius 2 is 0.548 bits per heavy atom. The molecule has 16 aromatic carbocycles. The Bertz CT molecular complexity index is 8470. The second-order valence-corrected chi connectivity index (χ2v) is 36.3. The molecule has 135 heavy (non-hydrogen) atoms. The number of fused-ring (bicyclic) bond motifs is 18. The minimum atomic E-state index is -0.168. The molecule has 3 aliphatic carbocycles. The quantitative estimate of drug-likeness (QED) is 0.120. The van der Waals surface area contributed by atoms with Gasteiger partial charge in [0.1, 0.15) is 0 Å². The van der Waals surface area contributed by atoms with E-state index in [9.17, 15) is 0 Å². The van der Waals surface area contributed by atoms with Gasteiger partial charge in [0, 0.05) is 144 Å². The van der Waals surface area contributed by atoms with Gasteiger partial charge in [-0.3, -0.25) is 4.57 Å². The molecular weight excluding hydrogens is 2180 g/mol. The summed E-state index contributed by atoms with van der Waals surface area (Å²) < 4.78 is 7.07. The molecule has 0 fully saturated rings. The molecule has 0 saturated heterocycles. The third-order valence-corrected chi connectivity index (χ3v) is 27.6. The van der Waals surface area contributed by atoms with Crippen molar-refractivity contribution in [3.05, 3.63) is 464 Å². The summed E-state index contributed by atoms with van der Waals surface area (Å²) >= 11 is 0. The van der Waals surface area contributed by atoms with Crippen molar-refractivity contribution in [1.82, 2.24) is 43.6 Å². The van der Waals surface area contributed by atoms with Crippen LogP contribution in [-0.2, 0) is 76.6 Å². The standard InChI is InChI=1S/C47H32N5.C44H31N2.C32H23N2.3Ir/c1-47(2)39-21-10-9-20-35(39)36-28-38-37-27-33(32-18-13-19-34(26-32)41-22-11-12-25-48-41)23-24-42(37)52(43(38)29-40(36)47)46-50-44(30-14-5-3-6-15-30)49-45(51-46)31-16-7-4-8-17-31;1-44(2)39-16-7-6-15-35(39)36-27-38-37-26-32(31-13-10-14-33(25-31)41-17-8-9-24-45-41)20-23-42(37)46(43(38)28-40(36)44)34-21-18-30(19-22-34)29-11-4-3-5-12-29;1-32(2)27-14-5-3-12-23(27)25-19-26-24-13-4-6-16-30(24)34(31(26)20-28(25)32)22-11-9-10-21(18-22)29-15-7-8-17-33-29;;;/h3-18,20-29H,1-2H3;3-13,15-28H,1-2H3;3-9,11-20H,1-2H3;;;/q3*-1;;;. The Morgan fingerprint density at radius 3 is 0.993 bits per heavy atom. The van der Waals surface area contributed by atoms with E-state index in [1.165, 1.54) is 127 Å². The van der Waals surface area contributed by atoms with Crippen molar-refractivity contribution in [1.29, 1.82) is 0 Å². The molecule has 7 heterocycles. The van der Waals surface area contributed by atoms with E-state index >= 15 is 0 Å². The van der Waals surface area contributed by atoms with Crippen LogP contribution in [0.1, 0.15) is 74.9 Å². The van der Waals surface area contributed by atoms with Gasteiger partial charge in [-0.2, -0.15) is 9.97 Å². The molecule has 0 N–H and O–H groups in total. The summed E-state index contributed by atoms with van der Waals surface area (Å²) in [6.07, 6.45) is 5.49. The Morgan fingerprint density at radius 1 is 0.215 bits per heavy atom. The van der Waals surface area contributed by atoms with Gasteiger partial charge in [0.15, 0.2) is 11.6 Å². The maximum Gasteiger partial charge on any atom is 0.238 e. The summed E-state index contributed by atoms with van der Waals surface area (Å²) in [6.45, 7) is 14.0. The van der Waals surface area contributed by atoms with Crippen molar-refractivity contribution < 1.29 is 60.3 Å². The molecule has 23 aromatic rings. The summed E-state index contributed by atoms with van der Waals surface area (Å²) in [4.78, 5) is 29.1.